The van der Waals surface area contributed by atoms with Crippen molar-refractivity contribution in [3.63, 3.8) is 0 Å². The number of benzene rings is 1. The van der Waals surface area contributed by atoms with Crippen LogP contribution in [-0.4, -0.2) is 35.8 Å². The predicted molar refractivity (Wildman–Crippen MR) is 95.5 cm³/mol. The average Bonchev–Trinajstić information content (AvgIpc) is 3.29. The topological polar surface area (TPSA) is 101 Å². The molecule has 3 amide bonds. The molecule has 1 aliphatic heterocycles. The van der Waals surface area contributed by atoms with E-state index >= 15 is 0 Å². The maximum atomic E-state index is 12.2. The number of furan rings is 1. The number of nitrogens with zero attached hydrogens (tertiary/aromatic N) is 1. The van der Waals surface area contributed by atoms with Crippen molar-refractivity contribution in [3.05, 3.63) is 53.4 Å². The number of hydrazine groups is 1. The van der Waals surface area contributed by atoms with Crippen molar-refractivity contribution in [2.75, 3.05) is 13.2 Å². The van der Waals surface area contributed by atoms with Crippen LogP contribution in [0, 0.1) is 5.92 Å². The first-order chi connectivity index (χ1) is 13.0. The summed E-state index contributed by atoms with van der Waals surface area (Å²) in [6.45, 7) is 0.267. The molecule has 1 aliphatic rings. The number of hydrogen-bond donors (Lipinski definition) is 2. The highest BCUT2D eigenvalue weighted by Gasteiger charge is 2.34. The van der Waals surface area contributed by atoms with Crippen molar-refractivity contribution in [2.45, 2.75) is 13.0 Å². The van der Waals surface area contributed by atoms with Crippen molar-refractivity contribution in [1.29, 1.82) is 0 Å². The van der Waals surface area contributed by atoms with Gasteiger partial charge in [-0.3, -0.25) is 25.2 Å². The van der Waals surface area contributed by atoms with Crippen molar-refractivity contribution in [1.82, 2.24) is 15.8 Å². The molecular weight excluding hydrogens is 374 g/mol. The van der Waals surface area contributed by atoms with Crippen molar-refractivity contribution >= 4 is 29.3 Å². The highest BCUT2D eigenvalue weighted by Crippen LogP contribution is 2.23. The van der Waals surface area contributed by atoms with Crippen molar-refractivity contribution in [3.8, 4) is 5.75 Å². The first kappa shape index (κ1) is 18.8. The zero-order valence-corrected chi connectivity index (χ0v) is 15.1. The number of nitrogens with one attached hydrogen (secondary N) is 2. The molecule has 0 radical (unpaired) electrons. The number of amides is 3. The molecule has 1 unspecified atom stereocenters. The molecule has 1 aromatic carbocycles. The Hall–Kier alpha value is -3.00. The Bertz CT molecular complexity index is 824. The fourth-order valence-electron chi connectivity index (χ4n) is 2.67. The lowest BCUT2D eigenvalue weighted by molar-refractivity contribution is -0.132. The third-order valence-electron chi connectivity index (χ3n) is 4.03. The van der Waals surface area contributed by atoms with Crippen LogP contribution in [0.3, 0.4) is 0 Å². The van der Waals surface area contributed by atoms with Gasteiger partial charge in [0.15, 0.2) is 6.61 Å². The lowest BCUT2D eigenvalue weighted by atomic mass is 10.1. The summed E-state index contributed by atoms with van der Waals surface area (Å²) in [7, 11) is 0. The van der Waals surface area contributed by atoms with E-state index < -0.39 is 17.7 Å². The van der Waals surface area contributed by atoms with Gasteiger partial charge >= 0.3 is 0 Å². The van der Waals surface area contributed by atoms with Crippen LogP contribution in [0.15, 0.2) is 47.1 Å². The van der Waals surface area contributed by atoms with Crippen LogP contribution >= 0.6 is 11.6 Å². The lowest BCUT2D eigenvalue weighted by Gasteiger charge is -2.15. The standard InChI is InChI=1S/C18H18ClN3O5/c19-14-5-1-2-6-15(14)27-11-16(23)20-21-18(25)12-8-17(24)22(9-12)10-13-4-3-7-26-13/h1-7,12H,8-11H2,(H,20,23)(H,21,25). The molecule has 3 rings (SSSR count). The molecular formula is C18H18ClN3O5. The van der Waals surface area contributed by atoms with Crippen LogP contribution < -0.4 is 15.6 Å². The van der Waals surface area contributed by atoms with Crippen LogP contribution in [0.1, 0.15) is 12.2 Å². The molecule has 2 N–H and O–H groups in total. The minimum Gasteiger partial charge on any atom is -0.482 e. The first-order valence-electron chi connectivity index (χ1n) is 8.29. The molecule has 2 aromatic rings. The van der Waals surface area contributed by atoms with Gasteiger partial charge in [0.05, 0.1) is 23.7 Å². The molecule has 9 heteroatoms. The molecule has 1 fully saturated rings. The number of hydrogen-bond acceptors (Lipinski definition) is 5. The highest BCUT2D eigenvalue weighted by molar-refractivity contribution is 6.32. The van der Waals surface area contributed by atoms with Gasteiger partial charge in [-0.15, -0.1) is 0 Å². The van der Waals surface area contributed by atoms with Gasteiger partial charge in [-0.2, -0.15) is 0 Å². The van der Waals surface area contributed by atoms with Gasteiger partial charge < -0.3 is 14.1 Å². The summed E-state index contributed by atoms with van der Waals surface area (Å²) in [5.41, 5.74) is 4.59. The van der Waals surface area contributed by atoms with E-state index in [1.54, 1.807) is 41.3 Å². The molecule has 1 saturated heterocycles. The van der Waals surface area contributed by atoms with Crippen LogP contribution in [0.25, 0.3) is 0 Å². The third-order valence-corrected chi connectivity index (χ3v) is 4.34. The summed E-state index contributed by atoms with van der Waals surface area (Å²) in [5.74, 6) is -0.640. The Kier molecular flexibility index (Phi) is 5.97. The number of carbonyl (C=O) groups excluding carboxylic acids is 3. The quantitative estimate of drug-likeness (QED) is 0.727. The summed E-state index contributed by atoms with van der Waals surface area (Å²) < 4.78 is 10.5. The van der Waals surface area contributed by atoms with Crippen LogP contribution in [0.4, 0.5) is 0 Å². The fourth-order valence-corrected chi connectivity index (χ4v) is 2.86. The number of carbonyl (C=O) groups is 3. The van der Waals surface area contributed by atoms with E-state index in [0.29, 0.717) is 23.1 Å². The molecule has 8 nitrogen and oxygen atoms in total. The van der Waals surface area contributed by atoms with Crippen LogP contribution in [0.5, 0.6) is 5.75 Å². The summed E-state index contributed by atoms with van der Waals surface area (Å²) in [6, 6.07) is 10.2. The molecule has 0 bridgehead atoms. The second kappa shape index (κ2) is 8.59. The largest absolute Gasteiger partial charge is 0.482 e. The first-order valence-corrected chi connectivity index (χ1v) is 8.67. The van der Waals surface area contributed by atoms with Crippen molar-refractivity contribution < 1.29 is 23.5 Å². The Balaban J connectivity index is 1.42. The molecule has 142 valence electrons. The number of likely N-dealkylation sites (tertiary alicyclic amines) is 1. The minimum absolute atomic E-state index is 0.0819. The minimum atomic E-state index is -0.544. The summed E-state index contributed by atoms with van der Waals surface area (Å²) >= 11 is 5.93. The lowest BCUT2D eigenvalue weighted by Crippen LogP contribution is -2.46. The smallest absolute Gasteiger partial charge is 0.276 e. The summed E-state index contributed by atoms with van der Waals surface area (Å²) in [6.07, 6.45) is 1.61. The van der Waals surface area contributed by atoms with Gasteiger partial charge in [0.25, 0.3) is 5.91 Å². The zero-order valence-electron chi connectivity index (χ0n) is 14.3. The Morgan fingerprint density at radius 2 is 2.04 bits per heavy atom. The Morgan fingerprint density at radius 1 is 1.22 bits per heavy atom. The SMILES string of the molecule is O=C(COc1ccccc1Cl)NNC(=O)C1CC(=O)N(Cc2ccco2)C1. The maximum Gasteiger partial charge on any atom is 0.276 e. The van der Waals surface area contributed by atoms with Crippen LogP contribution in [-0.2, 0) is 20.9 Å². The second-order valence-electron chi connectivity index (χ2n) is 6.01. The molecule has 2 heterocycles. The Morgan fingerprint density at radius 3 is 2.78 bits per heavy atom. The van der Waals surface area contributed by atoms with Gasteiger partial charge in [0, 0.05) is 13.0 Å². The molecule has 0 aliphatic carbocycles. The highest BCUT2D eigenvalue weighted by atomic mass is 35.5. The average molecular weight is 392 g/mol. The predicted octanol–water partition coefficient (Wildman–Crippen LogP) is 1.51. The van der Waals surface area contributed by atoms with E-state index in [1.165, 1.54) is 6.26 Å². The fraction of sp³-hybridized carbons (Fsp3) is 0.278. The van der Waals surface area contributed by atoms with E-state index in [9.17, 15) is 14.4 Å². The van der Waals surface area contributed by atoms with E-state index in [2.05, 4.69) is 10.9 Å². The van der Waals surface area contributed by atoms with Gasteiger partial charge in [-0.1, -0.05) is 23.7 Å². The van der Waals surface area contributed by atoms with Gasteiger partial charge in [-0.05, 0) is 24.3 Å². The second-order valence-corrected chi connectivity index (χ2v) is 6.42. The molecule has 0 spiro atoms. The number of halogens is 1. The third kappa shape index (κ3) is 5.01. The van der Waals surface area contributed by atoms with Crippen molar-refractivity contribution in [2.24, 2.45) is 5.92 Å². The normalized spacial score (nSPS) is 16.3. The maximum absolute atomic E-state index is 12.2. The summed E-state index contributed by atoms with van der Waals surface area (Å²) in [4.78, 5) is 37.6. The van der Waals surface area contributed by atoms with E-state index in [4.69, 9.17) is 20.8 Å². The van der Waals surface area contributed by atoms with Gasteiger partial charge in [-0.25, -0.2) is 0 Å². The number of ether oxygens (including phenoxy) is 1. The molecule has 1 atom stereocenters. The zero-order chi connectivity index (χ0) is 19.2. The number of rotatable bonds is 6. The number of para-hydroxylation sites is 1. The van der Waals surface area contributed by atoms with Crippen LogP contribution in [0.2, 0.25) is 5.02 Å². The van der Waals surface area contributed by atoms with E-state index in [1.807, 2.05) is 0 Å². The van der Waals surface area contributed by atoms with E-state index in [0.717, 1.165) is 0 Å². The molecule has 1 aromatic heterocycles. The van der Waals surface area contributed by atoms with Gasteiger partial charge in [0.2, 0.25) is 11.8 Å². The molecule has 27 heavy (non-hydrogen) atoms. The summed E-state index contributed by atoms with van der Waals surface area (Å²) in [5, 5.41) is 0.385. The van der Waals surface area contributed by atoms with Gasteiger partial charge in [0.1, 0.15) is 11.5 Å². The van der Waals surface area contributed by atoms with E-state index in [-0.39, 0.29) is 25.5 Å². The monoisotopic (exact) mass is 391 g/mol. The Labute approximate surface area is 160 Å². The molecule has 0 saturated carbocycles.